The highest BCUT2D eigenvalue weighted by atomic mass is 35.5. The molecule has 0 aliphatic rings. The van der Waals surface area contributed by atoms with Gasteiger partial charge in [0.2, 0.25) is 0 Å². The van der Waals surface area contributed by atoms with Crippen LogP contribution in [-0.4, -0.2) is 9.78 Å². The normalized spacial score (nSPS) is 10.3. The topological polar surface area (TPSA) is 41.6 Å². The number of aromatic nitrogens is 2. The molecule has 0 N–H and O–H groups in total. The SMILES string of the molecule is CCCc1nn(-c2ccc(Cl)cc2)c(Cl)c1C#N. The number of rotatable bonds is 3. The number of hydrogen-bond donors (Lipinski definition) is 0. The summed E-state index contributed by atoms with van der Waals surface area (Å²) in [6, 6.07) is 9.27. The fraction of sp³-hybridized carbons (Fsp3) is 0.231. The zero-order chi connectivity index (χ0) is 13.1. The summed E-state index contributed by atoms with van der Waals surface area (Å²) in [5, 5.41) is 14.5. The Kier molecular flexibility index (Phi) is 3.90. The lowest BCUT2D eigenvalue weighted by Gasteiger charge is -2.02. The molecule has 0 fully saturated rings. The lowest BCUT2D eigenvalue weighted by Crippen LogP contribution is -1.97. The van der Waals surface area contributed by atoms with Crippen molar-refractivity contribution in [2.75, 3.05) is 0 Å². The summed E-state index contributed by atoms with van der Waals surface area (Å²) in [6.45, 7) is 2.04. The van der Waals surface area contributed by atoms with Gasteiger partial charge in [-0.25, -0.2) is 4.68 Å². The van der Waals surface area contributed by atoms with E-state index in [0.717, 1.165) is 24.2 Å². The van der Waals surface area contributed by atoms with Crippen LogP contribution in [0, 0.1) is 11.3 Å². The van der Waals surface area contributed by atoms with Gasteiger partial charge in [0, 0.05) is 5.02 Å². The number of benzene rings is 1. The molecule has 2 rings (SSSR count). The van der Waals surface area contributed by atoms with Crippen LogP contribution >= 0.6 is 23.2 Å². The predicted octanol–water partition coefficient (Wildman–Crippen LogP) is 4.00. The summed E-state index contributed by atoms with van der Waals surface area (Å²) in [5.41, 5.74) is 1.98. The number of nitriles is 1. The van der Waals surface area contributed by atoms with Crippen LogP contribution in [0.2, 0.25) is 10.2 Å². The van der Waals surface area contributed by atoms with Gasteiger partial charge in [0.15, 0.2) is 5.15 Å². The third-order valence-electron chi connectivity index (χ3n) is 2.57. The number of aryl methyl sites for hydroxylation is 1. The van der Waals surface area contributed by atoms with E-state index in [1.807, 2.05) is 19.1 Å². The van der Waals surface area contributed by atoms with Gasteiger partial charge in [0.05, 0.1) is 11.4 Å². The summed E-state index contributed by atoms with van der Waals surface area (Å²) >= 11 is 12.0. The summed E-state index contributed by atoms with van der Waals surface area (Å²) in [4.78, 5) is 0. The molecule has 18 heavy (non-hydrogen) atoms. The fourth-order valence-corrected chi connectivity index (χ4v) is 2.13. The van der Waals surface area contributed by atoms with Crippen molar-refractivity contribution in [3.63, 3.8) is 0 Å². The van der Waals surface area contributed by atoms with Gasteiger partial charge >= 0.3 is 0 Å². The Morgan fingerprint density at radius 3 is 2.50 bits per heavy atom. The largest absolute Gasteiger partial charge is 0.221 e. The van der Waals surface area contributed by atoms with Crippen LogP contribution in [0.3, 0.4) is 0 Å². The Bertz CT molecular complexity index is 594. The lowest BCUT2D eigenvalue weighted by molar-refractivity contribution is 0.806. The standard InChI is InChI=1S/C13H11Cl2N3/c1-2-3-12-11(8-16)13(15)18(17-12)10-6-4-9(14)5-7-10/h4-7H,2-3H2,1H3. The molecule has 0 aliphatic heterocycles. The molecule has 1 aromatic heterocycles. The van der Waals surface area contributed by atoms with Gasteiger partial charge in [-0.05, 0) is 30.7 Å². The Labute approximate surface area is 116 Å². The summed E-state index contributed by atoms with van der Waals surface area (Å²) in [6.07, 6.45) is 1.66. The molecule has 0 radical (unpaired) electrons. The van der Waals surface area contributed by atoms with E-state index in [-0.39, 0.29) is 0 Å². The van der Waals surface area contributed by atoms with Gasteiger partial charge in [-0.3, -0.25) is 0 Å². The minimum atomic E-state index is 0.350. The Morgan fingerprint density at radius 1 is 1.28 bits per heavy atom. The van der Waals surface area contributed by atoms with Crippen LogP contribution in [-0.2, 0) is 6.42 Å². The first-order valence-electron chi connectivity index (χ1n) is 5.60. The van der Waals surface area contributed by atoms with Crippen molar-refractivity contribution < 1.29 is 0 Å². The molecule has 0 spiro atoms. The van der Waals surface area contributed by atoms with E-state index in [1.165, 1.54) is 0 Å². The molecule has 1 aromatic carbocycles. The van der Waals surface area contributed by atoms with E-state index in [4.69, 9.17) is 28.5 Å². The maximum absolute atomic E-state index is 9.12. The van der Waals surface area contributed by atoms with Crippen molar-refractivity contribution in [3.8, 4) is 11.8 Å². The zero-order valence-corrected chi connectivity index (χ0v) is 11.3. The zero-order valence-electron chi connectivity index (χ0n) is 9.82. The highest BCUT2D eigenvalue weighted by Gasteiger charge is 2.16. The van der Waals surface area contributed by atoms with Gasteiger partial charge in [0.1, 0.15) is 11.6 Å². The monoisotopic (exact) mass is 279 g/mol. The van der Waals surface area contributed by atoms with Crippen LogP contribution in [0.25, 0.3) is 5.69 Å². The van der Waals surface area contributed by atoms with Gasteiger partial charge in [0.25, 0.3) is 0 Å². The summed E-state index contributed by atoms with van der Waals surface area (Å²) in [5.74, 6) is 0. The van der Waals surface area contributed by atoms with Crippen LogP contribution in [0.5, 0.6) is 0 Å². The maximum Gasteiger partial charge on any atom is 0.150 e. The minimum absolute atomic E-state index is 0.350. The van der Waals surface area contributed by atoms with Crippen molar-refractivity contribution in [2.45, 2.75) is 19.8 Å². The highest BCUT2D eigenvalue weighted by molar-refractivity contribution is 6.31. The molecule has 1 heterocycles. The van der Waals surface area contributed by atoms with Gasteiger partial charge in [-0.2, -0.15) is 10.4 Å². The van der Waals surface area contributed by atoms with Gasteiger partial charge in [-0.15, -0.1) is 0 Å². The fourth-order valence-electron chi connectivity index (χ4n) is 1.72. The van der Waals surface area contributed by atoms with E-state index in [1.54, 1.807) is 16.8 Å². The maximum atomic E-state index is 9.12. The van der Waals surface area contributed by atoms with E-state index in [2.05, 4.69) is 11.2 Å². The van der Waals surface area contributed by atoms with Gasteiger partial charge < -0.3 is 0 Å². The second-order valence-electron chi connectivity index (χ2n) is 3.86. The molecular formula is C13H11Cl2N3. The predicted molar refractivity (Wildman–Crippen MR) is 72.3 cm³/mol. The molecule has 92 valence electrons. The molecular weight excluding hydrogens is 269 g/mol. The van der Waals surface area contributed by atoms with E-state index in [9.17, 15) is 0 Å². The van der Waals surface area contributed by atoms with E-state index in [0.29, 0.717) is 15.7 Å². The minimum Gasteiger partial charge on any atom is -0.221 e. The highest BCUT2D eigenvalue weighted by Crippen LogP contribution is 2.24. The first-order chi connectivity index (χ1) is 8.67. The van der Waals surface area contributed by atoms with Crippen LogP contribution < -0.4 is 0 Å². The Balaban J connectivity index is 2.52. The molecule has 0 atom stereocenters. The Morgan fingerprint density at radius 2 is 1.94 bits per heavy atom. The molecule has 0 unspecified atom stereocenters. The van der Waals surface area contributed by atoms with Crippen LogP contribution in [0.4, 0.5) is 0 Å². The van der Waals surface area contributed by atoms with Crippen LogP contribution in [0.1, 0.15) is 24.6 Å². The molecule has 0 amide bonds. The first kappa shape index (κ1) is 12.9. The smallest absolute Gasteiger partial charge is 0.150 e. The summed E-state index contributed by atoms with van der Waals surface area (Å²) in [7, 11) is 0. The molecule has 2 aromatic rings. The quantitative estimate of drug-likeness (QED) is 0.852. The van der Waals surface area contributed by atoms with Crippen molar-refractivity contribution in [1.29, 1.82) is 5.26 Å². The van der Waals surface area contributed by atoms with Crippen molar-refractivity contribution in [1.82, 2.24) is 9.78 Å². The van der Waals surface area contributed by atoms with Gasteiger partial charge in [-0.1, -0.05) is 36.5 Å². The molecule has 0 bridgehead atoms. The third kappa shape index (κ3) is 2.35. The lowest BCUT2D eigenvalue weighted by atomic mass is 10.2. The molecule has 0 saturated carbocycles. The average molecular weight is 280 g/mol. The number of nitrogens with zero attached hydrogens (tertiary/aromatic N) is 3. The second-order valence-corrected chi connectivity index (χ2v) is 4.66. The first-order valence-corrected chi connectivity index (χ1v) is 6.36. The van der Waals surface area contributed by atoms with E-state index >= 15 is 0 Å². The summed E-state index contributed by atoms with van der Waals surface area (Å²) < 4.78 is 1.57. The molecule has 0 saturated heterocycles. The molecule has 5 heteroatoms. The average Bonchev–Trinajstić information content (AvgIpc) is 2.67. The number of halogens is 2. The molecule has 3 nitrogen and oxygen atoms in total. The number of hydrogen-bond acceptors (Lipinski definition) is 2. The van der Waals surface area contributed by atoms with E-state index < -0.39 is 0 Å². The third-order valence-corrected chi connectivity index (χ3v) is 3.17. The van der Waals surface area contributed by atoms with Crippen molar-refractivity contribution >= 4 is 23.2 Å². The van der Waals surface area contributed by atoms with Crippen molar-refractivity contribution in [3.05, 3.63) is 45.7 Å². The van der Waals surface area contributed by atoms with Crippen molar-refractivity contribution in [2.24, 2.45) is 0 Å². The Hall–Kier alpha value is -1.50. The second kappa shape index (κ2) is 5.43. The van der Waals surface area contributed by atoms with Crippen LogP contribution in [0.15, 0.2) is 24.3 Å². The molecule has 0 aliphatic carbocycles.